The zero-order chi connectivity index (χ0) is 12.7. The molecule has 1 aliphatic rings. The smallest absolute Gasteiger partial charge is 0.240 e. The predicted octanol–water partition coefficient (Wildman–Crippen LogP) is 1.10. The summed E-state index contributed by atoms with van der Waals surface area (Å²) in [5.74, 6) is 0.599. The van der Waals surface area contributed by atoms with Crippen molar-refractivity contribution in [2.24, 2.45) is 5.73 Å². The van der Waals surface area contributed by atoms with Crippen LogP contribution in [0.2, 0.25) is 0 Å². The third kappa shape index (κ3) is 1.54. The molecule has 2 N–H and O–H groups in total. The Morgan fingerprint density at radius 1 is 1.50 bits per heavy atom. The Kier molecular flexibility index (Phi) is 2.47. The van der Waals surface area contributed by atoms with Crippen molar-refractivity contribution >= 4 is 17.2 Å². The molecule has 0 aromatic carbocycles. The number of carbonyl (C=O) groups excluding carboxylic acids is 1. The minimum atomic E-state index is -0.263. The van der Waals surface area contributed by atoms with E-state index in [-0.39, 0.29) is 11.9 Å². The highest BCUT2D eigenvalue weighted by atomic mass is 16.1. The standard InChI is InChI=1S/C13H16N4O/c1-9-4-7-16-8-5-15-13(11(9)16)17-6-2-3-10(17)12(14)18/h4-5,7-8,10H,2-3,6H2,1H3,(H2,14,18). The third-order valence-electron chi connectivity index (χ3n) is 3.61. The summed E-state index contributed by atoms with van der Waals surface area (Å²) >= 11 is 0. The Bertz CT molecular complexity index is 604. The molecule has 1 unspecified atom stereocenters. The van der Waals surface area contributed by atoms with E-state index in [1.54, 1.807) is 6.20 Å². The Balaban J connectivity index is 2.14. The molecular formula is C13H16N4O. The first-order chi connectivity index (χ1) is 8.68. The normalized spacial score (nSPS) is 19.6. The summed E-state index contributed by atoms with van der Waals surface area (Å²) in [4.78, 5) is 18.0. The Labute approximate surface area is 105 Å². The lowest BCUT2D eigenvalue weighted by Gasteiger charge is -2.24. The van der Waals surface area contributed by atoms with Crippen molar-refractivity contribution < 1.29 is 4.79 Å². The van der Waals surface area contributed by atoms with Crippen LogP contribution in [0.1, 0.15) is 18.4 Å². The van der Waals surface area contributed by atoms with E-state index in [2.05, 4.69) is 18.0 Å². The van der Waals surface area contributed by atoms with E-state index in [4.69, 9.17) is 5.73 Å². The molecule has 3 heterocycles. The Morgan fingerprint density at radius 2 is 2.33 bits per heavy atom. The van der Waals surface area contributed by atoms with Gasteiger partial charge in [0, 0.05) is 25.1 Å². The van der Waals surface area contributed by atoms with Gasteiger partial charge in [-0.25, -0.2) is 4.98 Å². The van der Waals surface area contributed by atoms with Gasteiger partial charge in [0.2, 0.25) is 5.91 Å². The summed E-state index contributed by atoms with van der Waals surface area (Å²) in [6.07, 6.45) is 7.48. The molecule has 94 valence electrons. The minimum absolute atomic E-state index is 0.224. The molecule has 18 heavy (non-hydrogen) atoms. The molecule has 3 rings (SSSR count). The van der Waals surface area contributed by atoms with E-state index >= 15 is 0 Å². The van der Waals surface area contributed by atoms with Crippen LogP contribution in [0.5, 0.6) is 0 Å². The van der Waals surface area contributed by atoms with E-state index in [0.29, 0.717) is 0 Å². The van der Waals surface area contributed by atoms with Gasteiger partial charge in [-0.3, -0.25) is 4.79 Å². The van der Waals surface area contributed by atoms with Gasteiger partial charge >= 0.3 is 0 Å². The van der Waals surface area contributed by atoms with E-state index in [1.165, 1.54) is 0 Å². The van der Waals surface area contributed by atoms with Gasteiger partial charge in [0.05, 0.1) is 5.52 Å². The van der Waals surface area contributed by atoms with Gasteiger partial charge in [0.1, 0.15) is 6.04 Å². The predicted molar refractivity (Wildman–Crippen MR) is 69.5 cm³/mol. The monoisotopic (exact) mass is 244 g/mol. The summed E-state index contributed by atoms with van der Waals surface area (Å²) in [5, 5.41) is 0. The summed E-state index contributed by atoms with van der Waals surface area (Å²) in [6.45, 7) is 2.89. The maximum atomic E-state index is 11.5. The highest BCUT2D eigenvalue weighted by molar-refractivity contribution is 5.86. The first-order valence-corrected chi connectivity index (χ1v) is 6.16. The minimum Gasteiger partial charge on any atom is -0.368 e. The molecule has 5 nitrogen and oxygen atoms in total. The molecule has 5 heteroatoms. The van der Waals surface area contributed by atoms with E-state index in [0.717, 1.165) is 36.3 Å². The lowest BCUT2D eigenvalue weighted by atomic mass is 10.2. The Hall–Kier alpha value is -2.04. The third-order valence-corrected chi connectivity index (χ3v) is 3.61. The maximum absolute atomic E-state index is 11.5. The number of aromatic nitrogens is 2. The molecule has 2 aromatic rings. The van der Waals surface area contributed by atoms with Crippen LogP contribution < -0.4 is 10.6 Å². The van der Waals surface area contributed by atoms with Gasteiger partial charge in [0.25, 0.3) is 0 Å². The van der Waals surface area contributed by atoms with Crippen LogP contribution in [0, 0.1) is 6.92 Å². The number of nitrogens with two attached hydrogens (primary N) is 1. The molecule has 2 aromatic heterocycles. The van der Waals surface area contributed by atoms with Crippen LogP contribution in [0.4, 0.5) is 5.82 Å². The molecule has 0 saturated carbocycles. The van der Waals surface area contributed by atoms with Gasteiger partial charge < -0.3 is 15.0 Å². The zero-order valence-corrected chi connectivity index (χ0v) is 10.3. The quantitative estimate of drug-likeness (QED) is 0.860. The average Bonchev–Trinajstić information content (AvgIpc) is 2.96. The number of nitrogens with zero attached hydrogens (tertiary/aromatic N) is 3. The maximum Gasteiger partial charge on any atom is 0.240 e. The number of aryl methyl sites for hydroxylation is 1. The van der Waals surface area contributed by atoms with Crippen LogP contribution in [0.15, 0.2) is 24.7 Å². The number of carbonyl (C=O) groups is 1. The number of anilines is 1. The number of primary amides is 1. The second-order valence-corrected chi connectivity index (χ2v) is 4.76. The summed E-state index contributed by atoms with van der Waals surface area (Å²) in [5.41, 5.74) is 7.69. The number of fused-ring (bicyclic) bond motifs is 1. The molecular weight excluding hydrogens is 228 g/mol. The van der Waals surface area contributed by atoms with E-state index in [9.17, 15) is 4.79 Å². The topological polar surface area (TPSA) is 63.6 Å². The van der Waals surface area contributed by atoms with Crippen molar-refractivity contribution in [3.05, 3.63) is 30.2 Å². The molecule has 1 aliphatic heterocycles. The van der Waals surface area contributed by atoms with Gasteiger partial charge in [-0.15, -0.1) is 0 Å². The first kappa shape index (κ1) is 11.1. The number of hydrogen-bond acceptors (Lipinski definition) is 3. The SMILES string of the molecule is Cc1ccn2ccnc(N3CCCC3C(N)=O)c12. The molecule has 0 aliphatic carbocycles. The average molecular weight is 244 g/mol. The van der Waals surface area contributed by atoms with Crippen LogP contribution in [-0.4, -0.2) is 27.9 Å². The van der Waals surface area contributed by atoms with Crippen LogP contribution >= 0.6 is 0 Å². The van der Waals surface area contributed by atoms with Crippen LogP contribution in [0.3, 0.4) is 0 Å². The van der Waals surface area contributed by atoms with Crippen molar-refractivity contribution in [1.29, 1.82) is 0 Å². The van der Waals surface area contributed by atoms with Crippen molar-refractivity contribution in [3.63, 3.8) is 0 Å². The van der Waals surface area contributed by atoms with Crippen molar-refractivity contribution in [2.45, 2.75) is 25.8 Å². The Morgan fingerprint density at radius 3 is 3.11 bits per heavy atom. The molecule has 1 fully saturated rings. The van der Waals surface area contributed by atoms with Crippen molar-refractivity contribution in [3.8, 4) is 0 Å². The highest BCUT2D eigenvalue weighted by Crippen LogP contribution is 2.29. The molecule has 0 bridgehead atoms. The number of rotatable bonds is 2. The van der Waals surface area contributed by atoms with Gasteiger partial charge in [-0.05, 0) is 31.4 Å². The van der Waals surface area contributed by atoms with E-state index in [1.807, 2.05) is 21.7 Å². The summed E-state index contributed by atoms with van der Waals surface area (Å²) in [7, 11) is 0. The molecule has 1 atom stereocenters. The second-order valence-electron chi connectivity index (χ2n) is 4.76. The van der Waals surface area contributed by atoms with Gasteiger partial charge in [-0.1, -0.05) is 0 Å². The highest BCUT2D eigenvalue weighted by Gasteiger charge is 2.31. The molecule has 1 amide bonds. The summed E-state index contributed by atoms with van der Waals surface area (Å²) < 4.78 is 2.04. The van der Waals surface area contributed by atoms with E-state index < -0.39 is 0 Å². The molecule has 1 saturated heterocycles. The largest absolute Gasteiger partial charge is 0.368 e. The summed E-state index contributed by atoms with van der Waals surface area (Å²) in [6, 6.07) is 1.83. The van der Waals surface area contributed by atoms with Gasteiger partial charge in [-0.2, -0.15) is 0 Å². The molecule has 0 radical (unpaired) electrons. The van der Waals surface area contributed by atoms with Crippen LogP contribution in [-0.2, 0) is 4.79 Å². The fourth-order valence-corrected chi connectivity index (χ4v) is 2.73. The van der Waals surface area contributed by atoms with Gasteiger partial charge in [0.15, 0.2) is 5.82 Å². The fourth-order valence-electron chi connectivity index (χ4n) is 2.73. The van der Waals surface area contributed by atoms with Crippen LogP contribution in [0.25, 0.3) is 5.52 Å². The number of hydrogen-bond donors (Lipinski definition) is 1. The van der Waals surface area contributed by atoms with Crippen molar-refractivity contribution in [1.82, 2.24) is 9.38 Å². The lowest BCUT2D eigenvalue weighted by molar-refractivity contribution is -0.119. The number of amides is 1. The fraction of sp³-hybridized carbons (Fsp3) is 0.385. The second kappa shape index (κ2) is 4.01. The zero-order valence-electron chi connectivity index (χ0n) is 10.3. The first-order valence-electron chi connectivity index (χ1n) is 6.16. The van der Waals surface area contributed by atoms with Crippen molar-refractivity contribution in [2.75, 3.05) is 11.4 Å². The lowest BCUT2D eigenvalue weighted by Crippen LogP contribution is -2.41. The molecule has 0 spiro atoms.